The Hall–Kier alpha value is -0.920. The maximum atomic E-state index is 4.54. The number of hydrogen-bond donors (Lipinski definition) is 0. The zero-order valence-corrected chi connectivity index (χ0v) is 11.4. The molecule has 2 atom stereocenters. The van der Waals surface area contributed by atoms with Gasteiger partial charge in [0.15, 0.2) is 0 Å². The van der Waals surface area contributed by atoms with Gasteiger partial charge in [0.25, 0.3) is 0 Å². The quantitative estimate of drug-likeness (QED) is 0.734. The van der Waals surface area contributed by atoms with Crippen LogP contribution in [0.1, 0.15) is 74.4 Å². The van der Waals surface area contributed by atoms with E-state index in [-0.39, 0.29) is 0 Å². The molecule has 0 amide bonds. The van der Waals surface area contributed by atoms with Crippen molar-refractivity contribution in [2.75, 3.05) is 0 Å². The first-order valence-corrected chi connectivity index (χ1v) is 6.81. The SMILES string of the molecule is Cc1c(CC(C)(C)C)nnc2c1[C@@H]1CC[C@@H]2C1. The topological polar surface area (TPSA) is 25.8 Å². The van der Waals surface area contributed by atoms with Crippen LogP contribution in [0.5, 0.6) is 0 Å². The fourth-order valence-electron chi connectivity index (χ4n) is 3.57. The van der Waals surface area contributed by atoms with Gasteiger partial charge in [0.1, 0.15) is 0 Å². The minimum Gasteiger partial charge on any atom is -0.155 e. The number of rotatable bonds is 1. The predicted octanol–water partition coefficient (Wildman–Crippen LogP) is 3.74. The molecule has 1 aromatic rings. The maximum Gasteiger partial charge on any atom is 0.0699 e. The van der Waals surface area contributed by atoms with E-state index in [1.807, 2.05) is 0 Å². The van der Waals surface area contributed by atoms with Crippen LogP contribution in [0.4, 0.5) is 0 Å². The van der Waals surface area contributed by atoms with E-state index in [9.17, 15) is 0 Å². The van der Waals surface area contributed by atoms with Crippen LogP contribution >= 0.6 is 0 Å². The summed E-state index contributed by atoms with van der Waals surface area (Å²) in [5.41, 5.74) is 5.86. The van der Waals surface area contributed by atoms with Gasteiger partial charge in [0.05, 0.1) is 11.4 Å². The van der Waals surface area contributed by atoms with Crippen LogP contribution in [-0.4, -0.2) is 10.2 Å². The van der Waals surface area contributed by atoms with Crippen LogP contribution in [0.3, 0.4) is 0 Å². The predicted molar refractivity (Wildman–Crippen MR) is 69.3 cm³/mol. The maximum absolute atomic E-state index is 4.54. The first-order chi connectivity index (χ1) is 7.96. The molecular formula is C15H22N2. The molecule has 1 saturated carbocycles. The Bertz CT molecular complexity index is 457. The normalized spacial score (nSPS) is 26.4. The zero-order valence-electron chi connectivity index (χ0n) is 11.4. The van der Waals surface area contributed by atoms with Crippen molar-refractivity contribution in [1.82, 2.24) is 10.2 Å². The molecule has 0 unspecified atom stereocenters. The minimum absolute atomic E-state index is 0.297. The average molecular weight is 230 g/mol. The highest BCUT2D eigenvalue weighted by Crippen LogP contribution is 2.53. The van der Waals surface area contributed by atoms with Crippen molar-refractivity contribution in [2.24, 2.45) is 5.41 Å². The summed E-state index contributed by atoms with van der Waals surface area (Å²) < 4.78 is 0. The molecule has 0 aliphatic heterocycles. The molecule has 17 heavy (non-hydrogen) atoms. The smallest absolute Gasteiger partial charge is 0.0699 e. The van der Waals surface area contributed by atoms with Crippen LogP contribution in [0.15, 0.2) is 0 Å². The first-order valence-electron chi connectivity index (χ1n) is 6.81. The third-order valence-electron chi connectivity index (χ3n) is 4.32. The second kappa shape index (κ2) is 3.54. The van der Waals surface area contributed by atoms with Crippen molar-refractivity contribution in [1.29, 1.82) is 0 Å². The second-order valence-electron chi connectivity index (χ2n) is 7.01. The summed E-state index contributed by atoms with van der Waals surface area (Å²) in [7, 11) is 0. The average Bonchev–Trinajstić information content (AvgIpc) is 2.80. The van der Waals surface area contributed by atoms with Gasteiger partial charge < -0.3 is 0 Å². The van der Waals surface area contributed by atoms with Crippen LogP contribution in [0.25, 0.3) is 0 Å². The molecular weight excluding hydrogens is 208 g/mol. The molecule has 3 rings (SSSR count). The molecule has 1 fully saturated rings. The van der Waals surface area contributed by atoms with Gasteiger partial charge in [-0.25, -0.2) is 0 Å². The van der Waals surface area contributed by atoms with Gasteiger partial charge in [-0.05, 0) is 55.1 Å². The third-order valence-corrected chi connectivity index (χ3v) is 4.32. The number of aromatic nitrogens is 2. The second-order valence-corrected chi connectivity index (χ2v) is 7.01. The number of hydrogen-bond acceptors (Lipinski definition) is 2. The molecule has 1 aromatic heterocycles. The van der Waals surface area contributed by atoms with Gasteiger partial charge >= 0.3 is 0 Å². The molecule has 0 radical (unpaired) electrons. The zero-order chi connectivity index (χ0) is 12.2. The fourth-order valence-corrected chi connectivity index (χ4v) is 3.57. The van der Waals surface area contributed by atoms with Gasteiger partial charge in [-0.3, -0.25) is 0 Å². The lowest BCUT2D eigenvalue weighted by molar-refractivity contribution is 0.402. The largest absolute Gasteiger partial charge is 0.155 e. The number of nitrogens with zero attached hydrogens (tertiary/aromatic N) is 2. The molecule has 2 aliphatic rings. The van der Waals surface area contributed by atoms with E-state index < -0.39 is 0 Å². The highest BCUT2D eigenvalue weighted by atomic mass is 15.1. The van der Waals surface area contributed by atoms with Gasteiger partial charge in [-0.2, -0.15) is 10.2 Å². The summed E-state index contributed by atoms with van der Waals surface area (Å²) in [5.74, 6) is 1.52. The van der Waals surface area contributed by atoms with Crippen LogP contribution in [-0.2, 0) is 6.42 Å². The Morgan fingerprint density at radius 3 is 2.53 bits per heavy atom. The van der Waals surface area contributed by atoms with Gasteiger partial charge in [0.2, 0.25) is 0 Å². The lowest BCUT2D eigenvalue weighted by Crippen LogP contribution is -2.15. The van der Waals surface area contributed by atoms with Crippen molar-refractivity contribution in [3.05, 3.63) is 22.5 Å². The van der Waals surface area contributed by atoms with E-state index >= 15 is 0 Å². The molecule has 0 saturated heterocycles. The van der Waals surface area contributed by atoms with Crippen LogP contribution in [0, 0.1) is 12.3 Å². The Labute approximate surface area is 104 Å². The standard InChI is InChI=1S/C15H22N2/c1-9-12(8-15(2,3)4)16-17-14-11-6-5-10(7-11)13(9)14/h10-11H,5-8H2,1-4H3/t10-,11-/m1/s1. The van der Waals surface area contributed by atoms with Crippen molar-refractivity contribution in [2.45, 2.75) is 65.2 Å². The van der Waals surface area contributed by atoms with Gasteiger partial charge in [0, 0.05) is 5.92 Å². The monoisotopic (exact) mass is 230 g/mol. The molecule has 2 aliphatic carbocycles. The minimum atomic E-state index is 0.297. The van der Waals surface area contributed by atoms with Crippen molar-refractivity contribution >= 4 is 0 Å². The fraction of sp³-hybridized carbons (Fsp3) is 0.733. The van der Waals surface area contributed by atoms with Crippen molar-refractivity contribution in [3.8, 4) is 0 Å². The Morgan fingerprint density at radius 2 is 1.82 bits per heavy atom. The molecule has 2 heteroatoms. The highest BCUT2D eigenvalue weighted by molar-refractivity contribution is 5.43. The van der Waals surface area contributed by atoms with Crippen LogP contribution in [0.2, 0.25) is 0 Å². The van der Waals surface area contributed by atoms with Gasteiger partial charge in [-0.1, -0.05) is 20.8 Å². The molecule has 0 spiro atoms. The lowest BCUT2D eigenvalue weighted by atomic mass is 9.86. The molecule has 2 nitrogen and oxygen atoms in total. The molecule has 1 heterocycles. The van der Waals surface area contributed by atoms with E-state index in [0.29, 0.717) is 5.41 Å². The summed E-state index contributed by atoms with van der Waals surface area (Å²) in [4.78, 5) is 0. The van der Waals surface area contributed by atoms with Crippen molar-refractivity contribution in [3.63, 3.8) is 0 Å². The summed E-state index contributed by atoms with van der Waals surface area (Å²) >= 11 is 0. The third kappa shape index (κ3) is 1.78. The summed E-state index contributed by atoms with van der Waals surface area (Å²) in [6.07, 6.45) is 5.09. The Morgan fingerprint density at radius 1 is 1.12 bits per heavy atom. The van der Waals surface area contributed by atoms with E-state index in [0.717, 1.165) is 18.3 Å². The first kappa shape index (κ1) is 11.2. The Balaban J connectivity index is 2.02. The van der Waals surface area contributed by atoms with Crippen molar-refractivity contribution < 1.29 is 0 Å². The molecule has 92 valence electrons. The van der Waals surface area contributed by atoms with E-state index in [1.165, 1.54) is 36.2 Å². The van der Waals surface area contributed by atoms with Crippen LogP contribution < -0.4 is 0 Å². The Kier molecular flexibility index (Phi) is 2.33. The summed E-state index contributed by atoms with van der Waals surface area (Å²) in [6.45, 7) is 9.07. The summed E-state index contributed by atoms with van der Waals surface area (Å²) in [5, 5.41) is 9.04. The highest BCUT2D eigenvalue weighted by Gasteiger charge is 2.40. The number of fused-ring (bicyclic) bond motifs is 5. The molecule has 0 N–H and O–H groups in total. The van der Waals surface area contributed by atoms with E-state index in [1.54, 1.807) is 5.56 Å². The summed E-state index contributed by atoms with van der Waals surface area (Å²) in [6, 6.07) is 0. The lowest BCUT2D eigenvalue weighted by Gasteiger charge is -2.22. The molecule has 0 aromatic carbocycles. The molecule has 2 bridgehead atoms. The van der Waals surface area contributed by atoms with E-state index in [4.69, 9.17) is 0 Å². The van der Waals surface area contributed by atoms with Gasteiger partial charge in [-0.15, -0.1) is 0 Å². The van der Waals surface area contributed by atoms with E-state index in [2.05, 4.69) is 37.9 Å².